The van der Waals surface area contributed by atoms with Gasteiger partial charge in [-0.15, -0.1) is 11.3 Å². The summed E-state index contributed by atoms with van der Waals surface area (Å²) in [5.74, 6) is 0. The van der Waals surface area contributed by atoms with Crippen molar-refractivity contribution in [3.8, 4) is 22.3 Å². The zero-order valence-electron chi connectivity index (χ0n) is 27.9. The number of fused-ring (bicyclic) bond motifs is 9. The molecule has 8 aromatic carbocycles. The molecule has 0 amide bonds. The first-order chi connectivity index (χ1) is 25.8. The molecule has 0 saturated heterocycles. The van der Waals surface area contributed by atoms with Gasteiger partial charge < -0.3 is 13.7 Å². The lowest BCUT2D eigenvalue weighted by atomic mass is 9.98. The Morgan fingerprint density at radius 1 is 0.365 bits per heavy atom. The molecule has 0 atom stereocenters. The lowest BCUT2D eigenvalue weighted by Gasteiger charge is -2.27. The average Bonchev–Trinajstić information content (AvgIpc) is 3.90. The van der Waals surface area contributed by atoms with E-state index >= 15 is 0 Å². The SMILES string of the molecule is c1cc(-c2ccc3oc4ccccc4c3c2)cc(N(c2ccc(-c3cccc4oc5ccccc5c34)cc2)c2cccc3sc4ccccc4c23)c1. The van der Waals surface area contributed by atoms with Crippen LogP contribution in [0.2, 0.25) is 0 Å². The molecule has 0 aliphatic rings. The van der Waals surface area contributed by atoms with Crippen LogP contribution in [0.5, 0.6) is 0 Å². The van der Waals surface area contributed by atoms with Crippen LogP contribution in [-0.2, 0) is 0 Å². The van der Waals surface area contributed by atoms with Crippen molar-refractivity contribution in [2.45, 2.75) is 0 Å². The standard InChI is InChI=1S/C48H29NO2S/c1-4-17-41-36(12-1)39-29-32(24-27-43(39)50-41)31-10-7-11-34(28-31)49(40-16-9-21-46-48(40)38-14-3-6-20-45(38)52-46)33-25-22-30(23-26-33)35-15-8-19-44-47(35)37-13-2-5-18-42(37)51-44/h1-29H. The quantitative estimate of drug-likeness (QED) is 0.181. The van der Waals surface area contributed by atoms with Crippen LogP contribution >= 0.6 is 11.3 Å². The Morgan fingerprint density at radius 2 is 1.00 bits per heavy atom. The van der Waals surface area contributed by atoms with Crippen LogP contribution in [-0.4, -0.2) is 0 Å². The first-order valence-corrected chi connectivity index (χ1v) is 18.3. The summed E-state index contributed by atoms with van der Waals surface area (Å²) in [4.78, 5) is 2.41. The average molecular weight is 684 g/mol. The van der Waals surface area contributed by atoms with Crippen LogP contribution in [0.3, 0.4) is 0 Å². The van der Waals surface area contributed by atoms with Crippen molar-refractivity contribution in [2.75, 3.05) is 4.90 Å². The van der Waals surface area contributed by atoms with Crippen molar-refractivity contribution in [1.82, 2.24) is 0 Å². The Kier molecular flexibility index (Phi) is 6.42. The summed E-state index contributed by atoms with van der Waals surface area (Å²) in [5.41, 5.74) is 11.6. The predicted octanol–water partition coefficient (Wildman–Crippen LogP) is 14.7. The maximum atomic E-state index is 6.24. The molecular weight excluding hydrogens is 655 g/mol. The summed E-state index contributed by atoms with van der Waals surface area (Å²) in [5, 5.41) is 7.07. The largest absolute Gasteiger partial charge is 0.456 e. The lowest BCUT2D eigenvalue weighted by Crippen LogP contribution is -2.10. The van der Waals surface area contributed by atoms with Gasteiger partial charge >= 0.3 is 0 Å². The van der Waals surface area contributed by atoms with E-state index in [-0.39, 0.29) is 0 Å². The molecule has 0 radical (unpaired) electrons. The van der Waals surface area contributed by atoms with Crippen molar-refractivity contribution in [2.24, 2.45) is 0 Å². The minimum Gasteiger partial charge on any atom is -0.456 e. The van der Waals surface area contributed by atoms with Crippen molar-refractivity contribution in [3.63, 3.8) is 0 Å². The monoisotopic (exact) mass is 683 g/mol. The first kappa shape index (κ1) is 29.1. The molecule has 3 heterocycles. The van der Waals surface area contributed by atoms with Gasteiger partial charge in [0.15, 0.2) is 0 Å². The van der Waals surface area contributed by atoms with Gasteiger partial charge in [0.05, 0.1) is 5.69 Å². The minimum atomic E-state index is 0.901. The number of hydrogen-bond acceptors (Lipinski definition) is 4. The molecule has 0 unspecified atom stereocenters. The van der Waals surface area contributed by atoms with E-state index in [9.17, 15) is 0 Å². The fourth-order valence-electron chi connectivity index (χ4n) is 7.90. The molecule has 11 rings (SSSR count). The predicted molar refractivity (Wildman–Crippen MR) is 219 cm³/mol. The second-order valence-corrected chi connectivity index (χ2v) is 14.4. The highest BCUT2D eigenvalue weighted by Gasteiger charge is 2.20. The zero-order valence-corrected chi connectivity index (χ0v) is 28.7. The third-order valence-corrected chi connectivity index (χ3v) is 11.4. The van der Waals surface area contributed by atoms with E-state index < -0.39 is 0 Å². The van der Waals surface area contributed by atoms with Crippen LogP contribution in [0.4, 0.5) is 17.1 Å². The Hall–Kier alpha value is -6.62. The number of rotatable bonds is 5. The van der Waals surface area contributed by atoms with Crippen LogP contribution < -0.4 is 4.90 Å². The number of hydrogen-bond donors (Lipinski definition) is 0. The first-order valence-electron chi connectivity index (χ1n) is 17.5. The van der Waals surface area contributed by atoms with Crippen molar-refractivity contribution < 1.29 is 8.83 Å². The van der Waals surface area contributed by atoms with E-state index in [1.807, 2.05) is 35.6 Å². The maximum Gasteiger partial charge on any atom is 0.136 e. The van der Waals surface area contributed by atoms with Gasteiger partial charge in [-0.3, -0.25) is 0 Å². The van der Waals surface area contributed by atoms with Crippen molar-refractivity contribution in [3.05, 3.63) is 176 Å². The number of nitrogens with zero attached hydrogens (tertiary/aromatic N) is 1. The van der Waals surface area contributed by atoms with E-state index in [2.05, 4.69) is 157 Å². The van der Waals surface area contributed by atoms with Gasteiger partial charge in [0.25, 0.3) is 0 Å². The number of furan rings is 2. The third kappa shape index (κ3) is 4.51. The van der Waals surface area contributed by atoms with E-state index in [4.69, 9.17) is 8.83 Å². The topological polar surface area (TPSA) is 29.5 Å². The molecule has 0 fully saturated rings. The molecule has 3 nitrogen and oxygen atoms in total. The molecule has 0 aliphatic carbocycles. The molecule has 52 heavy (non-hydrogen) atoms. The van der Waals surface area contributed by atoms with Gasteiger partial charge in [0.2, 0.25) is 0 Å². The molecule has 244 valence electrons. The molecule has 3 aromatic heterocycles. The molecule has 0 spiro atoms. The van der Waals surface area contributed by atoms with Gasteiger partial charge in [-0.05, 0) is 95.1 Å². The molecule has 0 saturated carbocycles. The van der Waals surface area contributed by atoms with Crippen LogP contribution in [0.25, 0.3) is 86.3 Å². The highest BCUT2D eigenvalue weighted by molar-refractivity contribution is 7.26. The van der Waals surface area contributed by atoms with E-state index in [1.165, 1.54) is 20.2 Å². The molecular formula is C48H29NO2S. The number of para-hydroxylation sites is 2. The maximum absolute atomic E-state index is 6.24. The summed E-state index contributed by atoms with van der Waals surface area (Å²) in [6.45, 7) is 0. The summed E-state index contributed by atoms with van der Waals surface area (Å²) < 4.78 is 15.0. The normalized spacial score (nSPS) is 11.8. The second-order valence-electron chi connectivity index (χ2n) is 13.3. The molecule has 0 aliphatic heterocycles. The van der Waals surface area contributed by atoms with Gasteiger partial charge in [-0.1, -0.05) is 103 Å². The third-order valence-electron chi connectivity index (χ3n) is 10.3. The fourth-order valence-corrected chi connectivity index (χ4v) is 9.03. The van der Waals surface area contributed by atoms with Crippen LogP contribution in [0.1, 0.15) is 0 Å². The number of thiophene rings is 1. The van der Waals surface area contributed by atoms with Gasteiger partial charge in [-0.25, -0.2) is 0 Å². The van der Waals surface area contributed by atoms with Gasteiger partial charge in [-0.2, -0.15) is 0 Å². The molecule has 11 aromatic rings. The number of anilines is 3. The Bertz CT molecular complexity index is 3150. The summed E-state index contributed by atoms with van der Waals surface area (Å²) in [6, 6.07) is 62.7. The zero-order chi connectivity index (χ0) is 34.2. The Balaban J connectivity index is 1.09. The lowest BCUT2D eigenvalue weighted by molar-refractivity contribution is 0.668. The van der Waals surface area contributed by atoms with Gasteiger partial charge in [0, 0.05) is 53.1 Å². The molecule has 0 bridgehead atoms. The van der Waals surface area contributed by atoms with E-state index in [0.717, 1.165) is 83.2 Å². The Labute approximate surface area is 303 Å². The van der Waals surface area contributed by atoms with Crippen molar-refractivity contribution >= 4 is 92.4 Å². The van der Waals surface area contributed by atoms with Crippen LogP contribution in [0.15, 0.2) is 185 Å². The summed E-state index contributed by atoms with van der Waals surface area (Å²) >= 11 is 1.84. The van der Waals surface area contributed by atoms with E-state index in [1.54, 1.807) is 0 Å². The highest BCUT2D eigenvalue weighted by atomic mass is 32.1. The summed E-state index contributed by atoms with van der Waals surface area (Å²) in [6.07, 6.45) is 0. The van der Waals surface area contributed by atoms with E-state index in [0.29, 0.717) is 0 Å². The molecule has 0 N–H and O–H groups in total. The Morgan fingerprint density at radius 3 is 1.88 bits per heavy atom. The molecule has 4 heteroatoms. The summed E-state index contributed by atoms with van der Waals surface area (Å²) in [7, 11) is 0. The number of benzene rings is 8. The van der Waals surface area contributed by atoms with Gasteiger partial charge in [0.1, 0.15) is 22.3 Å². The second kappa shape index (κ2) is 11.5. The smallest absolute Gasteiger partial charge is 0.136 e. The van der Waals surface area contributed by atoms with Crippen LogP contribution in [0, 0.1) is 0 Å². The fraction of sp³-hybridized carbons (Fsp3) is 0. The van der Waals surface area contributed by atoms with Crippen molar-refractivity contribution in [1.29, 1.82) is 0 Å². The minimum absolute atomic E-state index is 0.901. The highest BCUT2D eigenvalue weighted by Crippen LogP contribution is 2.46.